The first kappa shape index (κ1) is 20.9. The molecule has 154 valence electrons. The average molecular weight is 404 g/mol. The van der Waals surface area contributed by atoms with Gasteiger partial charge in [-0.2, -0.15) is 0 Å². The zero-order valence-corrected chi connectivity index (χ0v) is 17.2. The molecule has 0 radical (unpaired) electrons. The second-order valence-electron chi connectivity index (χ2n) is 6.50. The van der Waals surface area contributed by atoms with Crippen LogP contribution in [0.15, 0.2) is 66.9 Å². The van der Waals surface area contributed by atoms with Crippen molar-refractivity contribution in [3.63, 3.8) is 0 Å². The molecule has 0 fully saturated rings. The van der Waals surface area contributed by atoms with Crippen LogP contribution in [-0.2, 0) is 11.4 Å². The molecule has 0 aliphatic carbocycles. The van der Waals surface area contributed by atoms with Crippen LogP contribution in [0.25, 0.3) is 6.08 Å². The third-order valence-electron chi connectivity index (χ3n) is 4.49. The Morgan fingerprint density at radius 2 is 1.80 bits per heavy atom. The van der Waals surface area contributed by atoms with E-state index in [4.69, 9.17) is 14.2 Å². The molecule has 1 amide bonds. The zero-order chi connectivity index (χ0) is 21.3. The molecule has 0 spiro atoms. The molecule has 0 saturated heterocycles. The smallest absolute Gasteiger partial charge is 0.249 e. The lowest BCUT2D eigenvalue weighted by Crippen LogP contribution is -2.11. The summed E-state index contributed by atoms with van der Waals surface area (Å²) in [4.78, 5) is 16.6. The van der Waals surface area contributed by atoms with E-state index in [1.807, 2.05) is 37.3 Å². The number of benzene rings is 2. The first-order valence-corrected chi connectivity index (χ1v) is 9.44. The molecular weight excluding hydrogens is 380 g/mol. The Morgan fingerprint density at radius 1 is 1.00 bits per heavy atom. The van der Waals surface area contributed by atoms with Crippen molar-refractivity contribution in [2.45, 2.75) is 13.5 Å². The van der Waals surface area contributed by atoms with Gasteiger partial charge in [-0.1, -0.05) is 30.3 Å². The minimum atomic E-state index is -0.316. The van der Waals surface area contributed by atoms with E-state index in [0.717, 1.165) is 16.7 Å². The maximum absolute atomic E-state index is 12.4. The van der Waals surface area contributed by atoms with Crippen LogP contribution < -0.4 is 19.5 Å². The van der Waals surface area contributed by atoms with E-state index in [-0.39, 0.29) is 5.91 Å². The van der Waals surface area contributed by atoms with Gasteiger partial charge in [0.15, 0.2) is 23.1 Å². The summed E-state index contributed by atoms with van der Waals surface area (Å²) in [6.07, 6.45) is 4.73. The molecule has 0 unspecified atom stereocenters. The molecule has 0 bridgehead atoms. The Kier molecular flexibility index (Phi) is 7.05. The number of pyridine rings is 1. The third-order valence-corrected chi connectivity index (χ3v) is 4.49. The molecule has 30 heavy (non-hydrogen) atoms. The van der Waals surface area contributed by atoms with Crippen LogP contribution >= 0.6 is 0 Å². The molecule has 0 aliphatic rings. The minimum Gasteiger partial charge on any atom is -0.493 e. The molecule has 3 rings (SSSR count). The highest BCUT2D eigenvalue weighted by Crippen LogP contribution is 2.28. The van der Waals surface area contributed by atoms with E-state index in [1.54, 1.807) is 50.8 Å². The fourth-order valence-corrected chi connectivity index (χ4v) is 2.82. The standard InChI is InChI=1S/C24H24N2O4/c1-17-7-4-5-8-19(17)16-30-21-9-6-14-25-24(21)26-23(27)13-11-18-10-12-20(28-2)22(15-18)29-3/h4-15H,16H2,1-3H3,(H,25,26,27)/b13-11+. The van der Waals surface area contributed by atoms with Crippen LogP contribution in [-0.4, -0.2) is 25.1 Å². The molecule has 1 N–H and O–H groups in total. The summed E-state index contributed by atoms with van der Waals surface area (Å²) in [6, 6.07) is 17.0. The Bertz CT molecular complexity index is 1050. The zero-order valence-electron chi connectivity index (χ0n) is 17.2. The Hall–Kier alpha value is -3.80. The van der Waals surface area contributed by atoms with Crippen LogP contribution in [0.5, 0.6) is 17.2 Å². The van der Waals surface area contributed by atoms with E-state index in [0.29, 0.717) is 29.7 Å². The normalized spacial score (nSPS) is 10.6. The molecule has 0 saturated carbocycles. The number of carbonyl (C=O) groups is 1. The summed E-state index contributed by atoms with van der Waals surface area (Å²) in [5.41, 5.74) is 3.02. The van der Waals surface area contributed by atoms with E-state index >= 15 is 0 Å². The van der Waals surface area contributed by atoms with Gasteiger partial charge in [0.1, 0.15) is 6.61 Å². The van der Waals surface area contributed by atoms with Gasteiger partial charge in [0, 0.05) is 12.3 Å². The largest absolute Gasteiger partial charge is 0.493 e. The number of nitrogens with zero attached hydrogens (tertiary/aromatic N) is 1. The van der Waals surface area contributed by atoms with Crippen molar-refractivity contribution in [2.75, 3.05) is 19.5 Å². The SMILES string of the molecule is COc1ccc(/C=C/C(=O)Nc2ncccc2OCc2ccccc2C)cc1OC. The highest BCUT2D eigenvalue weighted by molar-refractivity contribution is 6.02. The van der Waals surface area contributed by atoms with E-state index in [1.165, 1.54) is 6.08 Å². The topological polar surface area (TPSA) is 69.7 Å². The van der Waals surface area contributed by atoms with E-state index < -0.39 is 0 Å². The number of methoxy groups -OCH3 is 2. The fraction of sp³-hybridized carbons (Fsp3) is 0.167. The van der Waals surface area contributed by atoms with Crippen LogP contribution in [0.3, 0.4) is 0 Å². The van der Waals surface area contributed by atoms with E-state index in [9.17, 15) is 4.79 Å². The molecule has 2 aromatic carbocycles. The summed E-state index contributed by atoms with van der Waals surface area (Å²) < 4.78 is 16.4. The number of aryl methyl sites for hydroxylation is 1. The quantitative estimate of drug-likeness (QED) is 0.554. The van der Waals surface area contributed by atoms with Crippen LogP contribution in [0, 0.1) is 6.92 Å². The van der Waals surface area contributed by atoms with Gasteiger partial charge in [0.05, 0.1) is 14.2 Å². The highest BCUT2D eigenvalue weighted by Gasteiger charge is 2.09. The predicted molar refractivity (Wildman–Crippen MR) is 117 cm³/mol. The van der Waals surface area contributed by atoms with Gasteiger partial charge in [-0.05, 0) is 54.0 Å². The van der Waals surface area contributed by atoms with Gasteiger partial charge < -0.3 is 19.5 Å². The van der Waals surface area contributed by atoms with Crippen molar-refractivity contribution in [3.05, 3.63) is 83.6 Å². The Balaban J connectivity index is 1.67. The number of hydrogen-bond donors (Lipinski definition) is 1. The maximum Gasteiger partial charge on any atom is 0.249 e. The van der Waals surface area contributed by atoms with Crippen LogP contribution in [0.2, 0.25) is 0 Å². The fourth-order valence-electron chi connectivity index (χ4n) is 2.82. The first-order valence-electron chi connectivity index (χ1n) is 9.44. The summed E-state index contributed by atoms with van der Waals surface area (Å²) >= 11 is 0. The molecule has 0 atom stereocenters. The molecule has 6 nitrogen and oxygen atoms in total. The van der Waals surface area contributed by atoms with Crippen LogP contribution in [0.4, 0.5) is 5.82 Å². The van der Waals surface area contributed by atoms with Crippen molar-refractivity contribution >= 4 is 17.8 Å². The molecule has 1 heterocycles. The molecule has 1 aromatic heterocycles. The number of aromatic nitrogens is 1. The van der Waals surface area contributed by atoms with Gasteiger partial charge in [0.2, 0.25) is 5.91 Å². The number of ether oxygens (including phenoxy) is 3. The van der Waals surface area contributed by atoms with Crippen molar-refractivity contribution in [1.29, 1.82) is 0 Å². The van der Waals surface area contributed by atoms with Gasteiger partial charge >= 0.3 is 0 Å². The molecular formula is C24H24N2O4. The highest BCUT2D eigenvalue weighted by atomic mass is 16.5. The monoisotopic (exact) mass is 404 g/mol. The average Bonchev–Trinajstić information content (AvgIpc) is 2.77. The number of rotatable bonds is 8. The van der Waals surface area contributed by atoms with Crippen LogP contribution in [0.1, 0.15) is 16.7 Å². The summed E-state index contributed by atoms with van der Waals surface area (Å²) in [5.74, 6) is 1.78. The van der Waals surface area contributed by atoms with Crippen molar-refractivity contribution in [3.8, 4) is 17.2 Å². The summed E-state index contributed by atoms with van der Waals surface area (Å²) in [5, 5.41) is 2.77. The predicted octanol–water partition coefficient (Wildman–Crippen LogP) is 4.64. The number of carbonyl (C=O) groups excluding carboxylic acids is 1. The summed E-state index contributed by atoms with van der Waals surface area (Å²) in [7, 11) is 3.14. The minimum absolute atomic E-state index is 0.316. The summed E-state index contributed by atoms with van der Waals surface area (Å²) in [6.45, 7) is 2.42. The van der Waals surface area contributed by atoms with Gasteiger partial charge in [-0.3, -0.25) is 4.79 Å². The first-order chi connectivity index (χ1) is 14.6. The van der Waals surface area contributed by atoms with Crippen molar-refractivity contribution in [1.82, 2.24) is 4.98 Å². The third kappa shape index (κ3) is 5.38. The molecule has 6 heteroatoms. The lowest BCUT2D eigenvalue weighted by atomic mass is 10.1. The Labute approximate surface area is 176 Å². The van der Waals surface area contributed by atoms with Crippen molar-refractivity contribution in [2.24, 2.45) is 0 Å². The van der Waals surface area contributed by atoms with Gasteiger partial charge in [-0.25, -0.2) is 4.98 Å². The number of hydrogen-bond acceptors (Lipinski definition) is 5. The number of nitrogens with one attached hydrogen (secondary N) is 1. The van der Waals surface area contributed by atoms with E-state index in [2.05, 4.69) is 10.3 Å². The lowest BCUT2D eigenvalue weighted by Gasteiger charge is -2.12. The number of amides is 1. The van der Waals surface area contributed by atoms with Gasteiger partial charge in [-0.15, -0.1) is 0 Å². The van der Waals surface area contributed by atoms with Gasteiger partial charge in [0.25, 0.3) is 0 Å². The maximum atomic E-state index is 12.4. The second kappa shape index (κ2) is 10.1. The van der Waals surface area contributed by atoms with Crippen molar-refractivity contribution < 1.29 is 19.0 Å². The lowest BCUT2D eigenvalue weighted by molar-refractivity contribution is -0.111. The Morgan fingerprint density at radius 3 is 2.57 bits per heavy atom. The number of anilines is 1. The molecule has 3 aromatic rings. The second-order valence-corrected chi connectivity index (χ2v) is 6.50. The molecule has 0 aliphatic heterocycles.